The van der Waals surface area contributed by atoms with Crippen LogP contribution < -0.4 is 9.64 Å². The number of nitrogens with zero attached hydrogens (tertiary/aromatic N) is 2. The Morgan fingerprint density at radius 3 is 2.38 bits per heavy atom. The summed E-state index contributed by atoms with van der Waals surface area (Å²) in [5, 5.41) is 1.13. The molecule has 29 heavy (non-hydrogen) atoms. The van der Waals surface area contributed by atoms with Crippen molar-refractivity contribution in [1.82, 2.24) is 4.31 Å². The molecule has 0 amide bonds. The lowest BCUT2D eigenvalue weighted by molar-refractivity contribution is 0.306. The van der Waals surface area contributed by atoms with Gasteiger partial charge in [-0.2, -0.15) is 4.31 Å². The van der Waals surface area contributed by atoms with E-state index in [2.05, 4.69) is 4.90 Å². The van der Waals surface area contributed by atoms with Gasteiger partial charge < -0.3 is 9.64 Å². The molecule has 1 saturated heterocycles. The predicted molar refractivity (Wildman–Crippen MR) is 119 cm³/mol. The molecule has 0 atom stereocenters. The van der Waals surface area contributed by atoms with Crippen molar-refractivity contribution < 1.29 is 13.2 Å². The van der Waals surface area contributed by atoms with E-state index in [9.17, 15) is 8.42 Å². The van der Waals surface area contributed by atoms with Gasteiger partial charge in [0.05, 0.1) is 6.61 Å². The van der Waals surface area contributed by atoms with Crippen LogP contribution in [-0.4, -0.2) is 45.5 Å². The van der Waals surface area contributed by atoms with Gasteiger partial charge in [0.15, 0.2) is 0 Å². The van der Waals surface area contributed by atoms with Crippen LogP contribution in [0.4, 0.5) is 5.69 Å². The Hall–Kier alpha value is -1.47. The van der Waals surface area contributed by atoms with E-state index < -0.39 is 10.0 Å². The van der Waals surface area contributed by atoms with E-state index in [-0.39, 0.29) is 4.90 Å². The number of hydrogen-bond donors (Lipinski definition) is 0. The molecule has 2 aromatic rings. The van der Waals surface area contributed by atoms with Crippen LogP contribution >= 0.6 is 23.2 Å². The first-order valence-electron chi connectivity index (χ1n) is 9.69. The van der Waals surface area contributed by atoms with Crippen molar-refractivity contribution in [3.05, 3.63) is 51.5 Å². The maximum Gasteiger partial charge on any atom is 0.246 e. The largest absolute Gasteiger partial charge is 0.492 e. The maximum atomic E-state index is 13.3. The van der Waals surface area contributed by atoms with Crippen LogP contribution in [0.15, 0.2) is 35.2 Å². The van der Waals surface area contributed by atoms with E-state index in [1.165, 1.54) is 10.4 Å². The first-order chi connectivity index (χ1) is 13.8. The van der Waals surface area contributed by atoms with Gasteiger partial charge in [-0.25, -0.2) is 8.42 Å². The molecule has 0 spiro atoms. The summed E-state index contributed by atoms with van der Waals surface area (Å²) in [6.45, 7) is 8.19. The third-order valence-electron chi connectivity index (χ3n) is 5.12. The highest BCUT2D eigenvalue weighted by Gasteiger charge is 2.32. The molecule has 1 aliphatic rings. The summed E-state index contributed by atoms with van der Waals surface area (Å²) in [6, 6.07) is 9.00. The smallest absolute Gasteiger partial charge is 0.246 e. The number of hydrogen-bond acceptors (Lipinski definition) is 4. The quantitative estimate of drug-likeness (QED) is 0.619. The second-order valence-corrected chi connectivity index (χ2v) is 9.89. The topological polar surface area (TPSA) is 49.9 Å². The molecule has 2 aromatic carbocycles. The molecule has 1 aliphatic heterocycles. The Labute approximate surface area is 183 Å². The van der Waals surface area contributed by atoms with Gasteiger partial charge >= 0.3 is 0 Å². The minimum absolute atomic E-state index is 0.133. The molecule has 0 unspecified atom stereocenters. The maximum absolute atomic E-state index is 13.3. The van der Waals surface area contributed by atoms with Crippen molar-refractivity contribution >= 4 is 38.9 Å². The van der Waals surface area contributed by atoms with E-state index in [0.29, 0.717) is 48.6 Å². The van der Waals surface area contributed by atoms with E-state index in [4.69, 9.17) is 27.9 Å². The summed E-state index contributed by atoms with van der Waals surface area (Å²) < 4.78 is 33.9. The second kappa shape index (κ2) is 9.13. The van der Waals surface area contributed by atoms with E-state index in [1.807, 2.05) is 39.0 Å². The summed E-state index contributed by atoms with van der Waals surface area (Å²) in [5.74, 6) is 0.363. The number of anilines is 1. The molecule has 3 rings (SSSR count). The van der Waals surface area contributed by atoms with E-state index >= 15 is 0 Å². The van der Waals surface area contributed by atoms with Crippen LogP contribution in [0, 0.1) is 13.8 Å². The van der Waals surface area contributed by atoms with Crippen molar-refractivity contribution in [2.24, 2.45) is 0 Å². The molecule has 0 N–H and O–H groups in total. The molecule has 0 bridgehead atoms. The summed E-state index contributed by atoms with van der Waals surface area (Å²) in [6.07, 6.45) is 0.790. The molecular formula is C21H26Cl2N2O3S. The average Bonchev–Trinajstić information content (AvgIpc) is 2.70. The fraction of sp³-hybridized carbons (Fsp3) is 0.429. The zero-order valence-corrected chi connectivity index (χ0v) is 19.2. The molecule has 0 aliphatic carbocycles. The fourth-order valence-electron chi connectivity index (χ4n) is 3.41. The number of halogens is 2. The third kappa shape index (κ3) is 4.66. The SMILES string of the molecule is CCCOc1cc(C)c(Cl)cc1S(=O)(=O)N1CCN(c2cccc(Cl)c2C)CC1. The number of benzene rings is 2. The predicted octanol–water partition coefficient (Wildman–Crippen LogP) is 4.91. The van der Waals surface area contributed by atoms with Gasteiger partial charge in [-0.3, -0.25) is 0 Å². The molecule has 8 heteroatoms. The Morgan fingerprint density at radius 1 is 1.03 bits per heavy atom. The van der Waals surface area contributed by atoms with Crippen molar-refractivity contribution in [2.45, 2.75) is 32.1 Å². The van der Waals surface area contributed by atoms with Gasteiger partial charge in [0.1, 0.15) is 10.6 Å². The number of ether oxygens (including phenoxy) is 1. The zero-order valence-electron chi connectivity index (χ0n) is 16.9. The molecule has 158 valence electrons. The number of piperazine rings is 1. The Kier molecular flexibility index (Phi) is 6.99. The van der Waals surface area contributed by atoms with Crippen LogP contribution in [0.25, 0.3) is 0 Å². The molecule has 5 nitrogen and oxygen atoms in total. The van der Waals surface area contributed by atoms with Crippen LogP contribution in [0.2, 0.25) is 10.0 Å². The Morgan fingerprint density at radius 2 is 1.72 bits per heavy atom. The minimum Gasteiger partial charge on any atom is -0.492 e. The number of aryl methyl sites for hydroxylation is 1. The summed E-state index contributed by atoms with van der Waals surface area (Å²) >= 11 is 12.5. The summed E-state index contributed by atoms with van der Waals surface area (Å²) in [5.41, 5.74) is 2.84. The van der Waals surface area contributed by atoms with Crippen molar-refractivity contribution in [2.75, 3.05) is 37.7 Å². The van der Waals surface area contributed by atoms with Crippen LogP contribution in [-0.2, 0) is 10.0 Å². The monoisotopic (exact) mass is 456 g/mol. The van der Waals surface area contributed by atoms with Gasteiger partial charge in [-0.1, -0.05) is 36.2 Å². The molecule has 0 radical (unpaired) electrons. The van der Waals surface area contributed by atoms with Gasteiger partial charge in [-0.15, -0.1) is 0 Å². The van der Waals surface area contributed by atoms with Crippen LogP contribution in [0.3, 0.4) is 0 Å². The van der Waals surface area contributed by atoms with E-state index in [0.717, 1.165) is 23.2 Å². The van der Waals surface area contributed by atoms with Gasteiger partial charge in [0.25, 0.3) is 0 Å². The average molecular weight is 457 g/mol. The molecular weight excluding hydrogens is 431 g/mol. The van der Waals surface area contributed by atoms with Gasteiger partial charge in [-0.05, 0) is 55.7 Å². The lowest BCUT2D eigenvalue weighted by Gasteiger charge is -2.36. The number of rotatable bonds is 6. The molecule has 0 saturated carbocycles. The standard InChI is InChI=1S/C21H26Cl2N2O3S/c1-4-12-28-20-13-15(2)18(23)14-21(20)29(26,27)25-10-8-24(9-11-25)19-7-5-6-17(22)16(19)3/h5-7,13-14H,4,8-12H2,1-3H3. The third-order valence-corrected chi connectivity index (χ3v) is 7.86. The normalized spacial score (nSPS) is 15.6. The first kappa shape index (κ1) is 22.2. The van der Waals surface area contributed by atoms with Gasteiger partial charge in [0, 0.05) is 41.9 Å². The lowest BCUT2D eigenvalue weighted by atomic mass is 10.1. The van der Waals surface area contributed by atoms with Gasteiger partial charge in [0.2, 0.25) is 10.0 Å². The Bertz CT molecular complexity index is 988. The molecule has 1 heterocycles. The van der Waals surface area contributed by atoms with Crippen LogP contribution in [0.5, 0.6) is 5.75 Å². The van der Waals surface area contributed by atoms with Crippen molar-refractivity contribution in [3.8, 4) is 5.75 Å². The van der Waals surface area contributed by atoms with E-state index in [1.54, 1.807) is 6.07 Å². The summed E-state index contributed by atoms with van der Waals surface area (Å²) in [7, 11) is -3.72. The molecule has 0 aromatic heterocycles. The Balaban J connectivity index is 1.83. The highest BCUT2D eigenvalue weighted by molar-refractivity contribution is 7.89. The van der Waals surface area contributed by atoms with Crippen LogP contribution in [0.1, 0.15) is 24.5 Å². The fourth-order valence-corrected chi connectivity index (χ4v) is 5.37. The van der Waals surface area contributed by atoms with Crippen molar-refractivity contribution in [1.29, 1.82) is 0 Å². The number of sulfonamides is 1. The van der Waals surface area contributed by atoms with Crippen molar-refractivity contribution in [3.63, 3.8) is 0 Å². The first-order valence-corrected chi connectivity index (χ1v) is 11.9. The minimum atomic E-state index is -3.72. The summed E-state index contributed by atoms with van der Waals surface area (Å²) in [4.78, 5) is 2.30. The highest BCUT2D eigenvalue weighted by Crippen LogP contribution is 2.34. The lowest BCUT2D eigenvalue weighted by Crippen LogP contribution is -2.48. The molecule has 1 fully saturated rings. The highest BCUT2D eigenvalue weighted by atomic mass is 35.5. The second-order valence-electron chi connectivity index (χ2n) is 7.17. The zero-order chi connectivity index (χ0) is 21.2.